The molecule has 1 aromatic rings. The van der Waals surface area contributed by atoms with Crippen LogP contribution in [0.3, 0.4) is 0 Å². The summed E-state index contributed by atoms with van der Waals surface area (Å²) in [6, 6.07) is 10.0. The quantitative estimate of drug-likeness (QED) is 0.789. The second-order valence-electron chi connectivity index (χ2n) is 5.22. The average molecular weight is 302 g/mol. The monoisotopic (exact) mass is 302 g/mol. The largest absolute Gasteiger partial charge is 0.497 e. The Morgan fingerprint density at radius 2 is 2.14 bits per heavy atom. The van der Waals surface area contributed by atoms with Gasteiger partial charge in [-0.25, -0.2) is 0 Å². The number of carbonyl (C=O) groups is 1. The molecule has 6 heteroatoms. The molecular weight excluding hydrogens is 280 g/mol. The van der Waals surface area contributed by atoms with Crippen molar-refractivity contribution in [3.8, 4) is 11.8 Å². The molecule has 0 spiro atoms. The maximum Gasteiger partial charge on any atom is 0.234 e. The zero-order valence-corrected chi connectivity index (χ0v) is 12.9. The molecule has 1 saturated heterocycles. The maximum absolute atomic E-state index is 11.7. The predicted octanol–water partition coefficient (Wildman–Crippen LogP) is 0.847. The standard InChI is InChI=1S/C16H22N4O2/c1-22-15-5-2-4-14(12-15)20-10-8-19(9-11-20)13-16(21)18-7-3-6-17/h2,4-5,12H,3,7-11,13H2,1H3,(H,18,21). The lowest BCUT2D eigenvalue weighted by atomic mass is 10.2. The molecule has 1 aliphatic heterocycles. The van der Waals surface area contributed by atoms with Crippen LogP contribution < -0.4 is 15.0 Å². The van der Waals surface area contributed by atoms with Gasteiger partial charge in [-0.05, 0) is 12.1 Å². The van der Waals surface area contributed by atoms with Crippen LogP contribution in [0.2, 0.25) is 0 Å². The van der Waals surface area contributed by atoms with Gasteiger partial charge in [0.05, 0.1) is 26.1 Å². The van der Waals surface area contributed by atoms with Crippen LogP contribution in [-0.4, -0.2) is 57.2 Å². The lowest BCUT2D eigenvalue weighted by Gasteiger charge is -2.35. The summed E-state index contributed by atoms with van der Waals surface area (Å²) in [7, 11) is 1.67. The third kappa shape index (κ3) is 4.64. The zero-order chi connectivity index (χ0) is 15.8. The first-order valence-electron chi connectivity index (χ1n) is 7.48. The molecule has 2 rings (SSSR count). The fourth-order valence-electron chi connectivity index (χ4n) is 2.49. The van der Waals surface area contributed by atoms with Crippen molar-refractivity contribution in [3.05, 3.63) is 24.3 Å². The highest BCUT2D eigenvalue weighted by molar-refractivity contribution is 5.78. The van der Waals surface area contributed by atoms with Crippen LogP contribution >= 0.6 is 0 Å². The third-order valence-corrected chi connectivity index (χ3v) is 3.72. The number of hydrogen-bond donors (Lipinski definition) is 1. The number of methoxy groups -OCH3 is 1. The van der Waals surface area contributed by atoms with Crippen molar-refractivity contribution in [3.63, 3.8) is 0 Å². The van der Waals surface area contributed by atoms with Gasteiger partial charge in [-0.2, -0.15) is 5.26 Å². The highest BCUT2D eigenvalue weighted by Crippen LogP contribution is 2.21. The average Bonchev–Trinajstić information content (AvgIpc) is 2.56. The van der Waals surface area contributed by atoms with Crippen LogP contribution in [0.5, 0.6) is 5.75 Å². The highest BCUT2D eigenvalue weighted by Gasteiger charge is 2.19. The first-order chi connectivity index (χ1) is 10.7. The van der Waals surface area contributed by atoms with Crippen molar-refractivity contribution >= 4 is 11.6 Å². The van der Waals surface area contributed by atoms with Crippen LogP contribution in [0.25, 0.3) is 0 Å². The predicted molar refractivity (Wildman–Crippen MR) is 84.9 cm³/mol. The first-order valence-corrected chi connectivity index (χ1v) is 7.48. The van der Waals surface area contributed by atoms with Crippen LogP contribution in [0, 0.1) is 11.3 Å². The van der Waals surface area contributed by atoms with Crippen molar-refractivity contribution in [1.29, 1.82) is 5.26 Å². The summed E-state index contributed by atoms with van der Waals surface area (Å²) in [6.45, 7) is 4.31. The molecule has 0 saturated carbocycles. The van der Waals surface area contributed by atoms with E-state index in [4.69, 9.17) is 10.00 Å². The second kappa shape index (κ2) is 8.25. The molecule has 1 N–H and O–H groups in total. The van der Waals surface area contributed by atoms with E-state index in [1.807, 2.05) is 24.3 Å². The SMILES string of the molecule is COc1cccc(N2CCN(CC(=O)NCCC#N)CC2)c1. The summed E-state index contributed by atoms with van der Waals surface area (Å²) in [5.74, 6) is 0.849. The molecule has 0 bridgehead atoms. The smallest absolute Gasteiger partial charge is 0.234 e. The van der Waals surface area contributed by atoms with Gasteiger partial charge in [0.1, 0.15) is 5.75 Å². The van der Waals surface area contributed by atoms with Gasteiger partial charge in [0.15, 0.2) is 0 Å². The maximum atomic E-state index is 11.7. The second-order valence-corrected chi connectivity index (χ2v) is 5.22. The topological polar surface area (TPSA) is 68.6 Å². The van der Waals surface area contributed by atoms with Crippen molar-refractivity contribution in [2.24, 2.45) is 0 Å². The summed E-state index contributed by atoms with van der Waals surface area (Å²) in [5.41, 5.74) is 1.15. The van der Waals surface area contributed by atoms with Crippen LogP contribution in [0.4, 0.5) is 5.69 Å². The van der Waals surface area contributed by atoms with Crippen molar-refractivity contribution in [2.75, 3.05) is 51.3 Å². The van der Waals surface area contributed by atoms with E-state index < -0.39 is 0 Å². The minimum absolute atomic E-state index is 0.00918. The Labute approximate surface area is 131 Å². The van der Waals surface area contributed by atoms with E-state index in [2.05, 4.69) is 21.2 Å². The molecule has 1 amide bonds. The number of nitriles is 1. The lowest BCUT2D eigenvalue weighted by molar-refractivity contribution is -0.122. The minimum atomic E-state index is -0.00918. The molecule has 6 nitrogen and oxygen atoms in total. The molecule has 0 unspecified atom stereocenters. The first kappa shape index (κ1) is 16.1. The molecule has 1 heterocycles. The number of nitrogens with zero attached hydrogens (tertiary/aromatic N) is 3. The molecule has 1 fully saturated rings. The Hall–Kier alpha value is -2.26. The van der Waals surface area contributed by atoms with Gasteiger partial charge in [0.25, 0.3) is 0 Å². The molecule has 0 radical (unpaired) electrons. The fourth-order valence-corrected chi connectivity index (χ4v) is 2.49. The summed E-state index contributed by atoms with van der Waals surface area (Å²) in [6.07, 6.45) is 0.357. The number of nitrogens with one attached hydrogen (secondary N) is 1. The van der Waals surface area contributed by atoms with Gasteiger partial charge in [-0.1, -0.05) is 6.07 Å². The number of carbonyl (C=O) groups excluding carboxylic acids is 1. The van der Waals surface area contributed by atoms with Crippen LogP contribution in [0.15, 0.2) is 24.3 Å². The number of ether oxygens (including phenoxy) is 1. The Morgan fingerprint density at radius 1 is 1.36 bits per heavy atom. The van der Waals surface area contributed by atoms with E-state index in [-0.39, 0.29) is 5.91 Å². The van der Waals surface area contributed by atoms with E-state index in [1.165, 1.54) is 0 Å². The van der Waals surface area contributed by atoms with Crippen molar-refractivity contribution in [2.45, 2.75) is 6.42 Å². The molecule has 118 valence electrons. The van der Waals surface area contributed by atoms with Crippen molar-refractivity contribution < 1.29 is 9.53 Å². The Morgan fingerprint density at radius 3 is 2.82 bits per heavy atom. The van der Waals surface area contributed by atoms with Gasteiger partial charge < -0.3 is 15.0 Å². The van der Waals surface area contributed by atoms with E-state index in [0.717, 1.165) is 37.6 Å². The summed E-state index contributed by atoms with van der Waals surface area (Å²) < 4.78 is 5.25. The number of benzene rings is 1. The Kier molecular flexibility index (Phi) is 6.04. The van der Waals surface area contributed by atoms with Gasteiger partial charge >= 0.3 is 0 Å². The van der Waals surface area contributed by atoms with Gasteiger partial charge in [-0.3, -0.25) is 9.69 Å². The fraction of sp³-hybridized carbons (Fsp3) is 0.500. The molecule has 1 aliphatic rings. The molecule has 0 atom stereocenters. The third-order valence-electron chi connectivity index (χ3n) is 3.72. The molecule has 22 heavy (non-hydrogen) atoms. The van der Waals surface area contributed by atoms with Crippen LogP contribution in [-0.2, 0) is 4.79 Å². The molecule has 1 aromatic carbocycles. The number of hydrogen-bond acceptors (Lipinski definition) is 5. The Bertz CT molecular complexity index is 533. The summed E-state index contributed by atoms with van der Waals surface area (Å²) >= 11 is 0. The van der Waals surface area contributed by atoms with Crippen LogP contribution in [0.1, 0.15) is 6.42 Å². The normalized spacial score (nSPS) is 15.2. The van der Waals surface area contributed by atoms with E-state index in [9.17, 15) is 4.79 Å². The van der Waals surface area contributed by atoms with E-state index in [1.54, 1.807) is 7.11 Å². The number of rotatable bonds is 6. The highest BCUT2D eigenvalue weighted by atomic mass is 16.5. The Balaban J connectivity index is 1.78. The minimum Gasteiger partial charge on any atom is -0.497 e. The van der Waals surface area contributed by atoms with Gasteiger partial charge in [0, 0.05) is 44.5 Å². The van der Waals surface area contributed by atoms with E-state index in [0.29, 0.717) is 19.5 Å². The van der Waals surface area contributed by atoms with Crippen molar-refractivity contribution in [1.82, 2.24) is 10.2 Å². The number of anilines is 1. The summed E-state index contributed by atoms with van der Waals surface area (Å²) in [4.78, 5) is 16.2. The number of amides is 1. The van der Waals surface area contributed by atoms with Gasteiger partial charge in [-0.15, -0.1) is 0 Å². The number of piperazine rings is 1. The van der Waals surface area contributed by atoms with Gasteiger partial charge in [0.2, 0.25) is 5.91 Å². The zero-order valence-electron chi connectivity index (χ0n) is 12.9. The molecule has 0 aliphatic carbocycles. The van der Waals surface area contributed by atoms with E-state index >= 15 is 0 Å². The molecular formula is C16H22N4O2. The lowest BCUT2D eigenvalue weighted by Crippen LogP contribution is -2.49. The summed E-state index contributed by atoms with van der Waals surface area (Å²) in [5, 5.41) is 11.2. The molecule has 0 aromatic heterocycles.